The fraction of sp³-hybridized carbons (Fsp3) is 0.194. The number of aromatic nitrogens is 1. The SMILES string of the molecule is CCOC(=O)c1cccc(-c2ccc(C=c3sc4n(c3=O)C(c3cc(OC)ccc3OC)C3=C(N=4)c4ccccc4CC3)o2)c1. The van der Waals surface area contributed by atoms with Crippen molar-refractivity contribution < 1.29 is 23.4 Å². The molecule has 9 heteroatoms. The van der Waals surface area contributed by atoms with Crippen molar-refractivity contribution in [1.29, 1.82) is 0 Å². The molecule has 2 aromatic heterocycles. The van der Waals surface area contributed by atoms with Crippen LogP contribution in [0.4, 0.5) is 0 Å². The number of nitrogens with zero attached hydrogens (tertiary/aromatic N) is 2. The number of thiazole rings is 1. The van der Waals surface area contributed by atoms with E-state index in [1.807, 2.05) is 42.5 Å². The number of fused-ring (bicyclic) bond motifs is 3. The van der Waals surface area contributed by atoms with E-state index in [1.165, 1.54) is 16.9 Å². The van der Waals surface area contributed by atoms with Crippen molar-refractivity contribution in [2.45, 2.75) is 25.8 Å². The van der Waals surface area contributed by atoms with Gasteiger partial charge in [-0.3, -0.25) is 9.36 Å². The van der Waals surface area contributed by atoms with Gasteiger partial charge in [-0.2, -0.15) is 0 Å². The highest BCUT2D eigenvalue weighted by molar-refractivity contribution is 7.07. The summed E-state index contributed by atoms with van der Waals surface area (Å²) in [6.45, 7) is 2.07. The van der Waals surface area contributed by atoms with Crippen LogP contribution in [-0.2, 0) is 11.2 Å². The van der Waals surface area contributed by atoms with Crippen LogP contribution >= 0.6 is 11.3 Å². The van der Waals surface area contributed by atoms with E-state index >= 15 is 0 Å². The summed E-state index contributed by atoms with van der Waals surface area (Å²) in [5.74, 6) is 2.05. The molecule has 0 fully saturated rings. The van der Waals surface area contributed by atoms with Gasteiger partial charge in [0.15, 0.2) is 4.80 Å². The summed E-state index contributed by atoms with van der Waals surface area (Å²) in [6, 6.07) is 24.3. The molecule has 45 heavy (non-hydrogen) atoms. The second kappa shape index (κ2) is 11.7. The molecule has 0 N–H and O–H groups in total. The Hall–Kier alpha value is -5.15. The van der Waals surface area contributed by atoms with Gasteiger partial charge in [0.25, 0.3) is 5.56 Å². The minimum Gasteiger partial charge on any atom is -0.497 e. The summed E-state index contributed by atoms with van der Waals surface area (Å²) in [5, 5.41) is 0. The van der Waals surface area contributed by atoms with Gasteiger partial charge in [0.05, 0.1) is 42.7 Å². The summed E-state index contributed by atoms with van der Waals surface area (Å²) >= 11 is 1.33. The molecule has 8 nitrogen and oxygen atoms in total. The average molecular weight is 619 g/mol. The lowest BCUT2D eigenvalue weighted by Gasteiger charge is -2.31. The first-order chi connectivity index (χ1) is 22.0. The van der Waals surface area contributed by atoms with Crippen molar-refractivity contribution in [3.8, 4) is 22.8 Å². The van der Waals surface area contributed by atoms with Gasteiger partial charge in [0.2, 0.25) is 0 Å². The summed E-state index contributed by atoms with van der Waals surface area (Å²) in [4.78, 5) is 32.2. The predicted molar refractivity (Wildman–Crippen MR) is 172 cm³/mol. The maximum atomic E-state index is 14.2. The number of aryl methyl sites for hydroxylation is 1. The van der Waals surface area contributed by atoms with Gasteiger partial charge >= 0.3 is 5.97 Å². The van der Waals surface area contributed by atoms with Crippen LogP contribution < -0.4 is 24.4 Å². The molecule has 1 aliphatic carbocycles. The van der Waals surface area contributed by atoms with Crippen molar-refractivity contribution in [2.24, 2.45) is 4.99 Å². The van der Waals surface area contributed by atoms with E-state index in [0.29, 0.717) is 44.5 Å². The van der Waals surface area contributed by atoms with Crippen LogP contribution in [0.3, 0.4) is 0 Å². The minimum atomic E-state index is -0.422. The Morgan fingerprint density at radius 2 is 1.89 bits per heavy atom. The lowest BCUT2D eigenvalue weighted by molar-refractivity contribution is 0.0526. The number of esters is 1. The number of ether oxygens (including phenoxy) is 3. The molecular weight excluding hydrogens is 588 g/mol. The monoisotopic (exact) mass is 618 g/mol. The van der Waals surface area contributed by atoms with Crippen LogP contribution in [0, 0.1) is 0 Å². The third kappa shape index (κ3) is 5.09. The number of allylic oxidation sites excluding steroid dienone is 1. The predicted octanol–water partition coefficient (Wildman–Crippen LogP) is 5.77. The van der Waals surface area contributed by atoms with Crippen LogP contribution in [0.25, 0.3) is 23.1 Å². The van der Waals surface area contributed by atoms with Gasteiger partial charge in [-0.25, -0.2) is 9.79 Å². The first-order valence-corrected chi connectivity index (χ1v) is 15.5. The molecule has 3 heterocycles. The van der Waals surface area contributed by atoms with Gasteiger partial charge in [-0.1, -0.05) is 47.7 Å². The Morgan fingerprint density at radius 1 is 1.02 bits per heavy atom. The summed E-state index contributed by atoms with van der Waals surface area (Å²) in [7, 11) is 3.26. The topological polar surface area (TPSA) is 92.3 Å². The lowest BCUT2D eigenvalue weighted by Crippen LogP contribution is -2.39. The van der Waals surface area contributed by atoms with Crippen LogP contribution in [-0.4, -0.2) is 31.4 Å². The number of carbonyl (C=O) groups is 1. The number of carbonyl (C=O) groups excluding carboxylic acids is 1. The highest BCUT2D eigenvalue weighted by Crippen LogP contribution is 2.44. The molecule has 7 rings (SSSR count). The van der Waals surface area contributed by atoms with E-state index in [4.69, 9.17) is 23.6 Å². The van der Waals surface area contributed by atoms with Gasteiger partial charge in [-0.15, -0.1) is 0 Å². The van der Waals surface area contributed by atoms with Gasteiger partial charge in [0, 0.05) is 22.8 Å². The maximum absolute atomic E-state index is 14.2. The third-order valence-corrected chi connectivity index (χ3v) is 9.15. The van der Waals surface area contributed by atoms with E-state index in [1.54, 1.807) is 50.0 Å². The molecule has 3 aromatic carbocycles. The molecule has 0 saturated heterocycles. The molecule has 0 spiro atoms. The van der Waals surface area contributed by atoms with Crippen molar-refractivity contribution in [3.05, 3.63) is 132 Å². The summed E-state index contributed by atoms with van der Waals surface area (Å²) in [6.07, 6.45) is 3.36. The van der Waals surface area contributed by atoms with E-state index in [-0.39, 0.29) is 11.5 Å². The fourth-order valence-corrected chi connectivity index (χ4v) is 7.06. The Kier molecular flexibility index (Phi) is 7.47. The fourth-order valence-electron chi connectivity index (χ4n) is 6.08. The zero-order chi connectivity index (χ0) is 31.1. The molecule has 0 saturated carbocycles. The van der Waals surface area contributed by atoms with E-state index in [9.17, 15) is 9.59 Å². The van der Waals surface area contributed by atoms with E-state index in [0.717, 1.165) is 40.8 Å². The third-order valence-electron chi connectivity index (χ3n) is 8.16. The van der Waals surface area contributed by atoms with Crippen LogP contribution in [0.5, 0.6) is 11.5 Å². The normalized spacial score (nSPS) is 15.5. The standard InChI is InChI=1S/C36H30N2O6S/c1-4-43-35(40)23-10-7-9-22(18-23)29-16-14-25(44-29)20-31-34(39)38-33(28-19-24(41-2)13-17-30(28)42-3)27-15-12-21-8-5-6-11-26(21)32(27)37-36(38)45-31/h5-11,13-14,16-20,33H,4,12,15H2,1-3H3. The first kappa shape index (κ1) is 28.6. The molecule has 1 unspecified atom stereocenters. The molecule has 0 bridgehead atoms. The van der Waals surface area contributed by atoms with E-state index in [2.05, 4.69) is 18.2 Å². The molecular formula is C36H30N2O6S. The molecule has 1 atom stereocenters. The minimum absolute atomic E-state index is 0.165. The Labute approximate surface area is 263 Å². The van der Waals surface area contributed by atoms with Crippen LogP contribution in [0.15, 0.2) is 98.6 Å². The number of furan rings is 1. The van der Waals surface area contributed by atoms with E-state index < -0.39 is 6.04 Å². The molecule has 226 valence electrons. The van der Waals surface area contributed by atoms with Crippen molar-refractivity contribution in [2.75, 3.05) is 20.8 Å². The van der Waals surface area contributed by atoms with Crippen molar-refractivity contribution in [3.63, 3.8) is 0 Å². The van der Waals surface area contributed by atoms with Gasteiger partial charge in [-0.05, 0) is 73.4 Å². The molecule has 2 aliphatic rings. The van der Waals surface area contributed by atoms with Gasteiger partial charge in [0.1, 0.15) is 23.0 Å². The molecule has 0 radical (unpaired) electrons. The molecule has 5 aromatic rings. The number of hydrogen-bond donors (Lipinski definition) is 0. The Bertz CT molecular complexity index is 2170. The quantitative estimate of drug-likeness (QED) is 0.215. The summed E-state index contributed by atoms with van der Waals surface area (Å²) < 4.78 is 25.0. The van der Waals surface area contributed by atoms with Crippen LogP contribution in [0.2, 0.25) is 0 Å². The van der Waals surface area contributed by atoms with Crippen LogP contribution in [0.1, 0.15) is 52.2 Å². The number of hydrogen-bond acceptors (Lipinski definition) is 8. The summed E-state index contributed by atoms with van der Waals surface area (Å²) in [5.41, 5.74) is 6.16. The van der Waals surface area contributed by atoms with Crippen molar-refractivity contribution >= 4 is 29.1 Å². The Balaban J connectivity index is 1.37. The number of rotatable bonds is 7. The highest BCUT2D eigenvalue weighted by Gasteiger charge is 2.34. The first-order valence-electron chi connectivity index (χ1n) is 14.7. The lowest BCUT2D eigenvalue weighted by atomic mass is 9.83. The smallest absolute Gasteiger partial charge is 0.338 e. The largest absolute Gasteiger partial charge is 0.497 e. The zero-order valence-corrected chi connectivity index (χ0v) is 25.9. The second-order valence-electron chi connectivity index (χ2n) is 10.7. The maximum Gasteiger partial charge on any atom is 0.338 e. The van der Waals surface area contributed by atoms with Crippen molar-refractivity contribution in [1.82, 2.24) is 4.57 Å². The number of methoxy groups -OCH3 is 2. The molecule has 1 aliphatic heterocycles. The zero-order valence-electron chi connectivity index (χ0n) is 25.0. The second-order valence-corrected chi connectivity index (χ2v) is 11.7. The highest BCUT2D eigenvalue weighted by atomic mass is 32.1. The Morgan fingerprint density at radius 3 is 2.71 bits per heavy atom. The average Bonchev–Trinajstić information content (AvgIpc) is 3.67. The van der Waals surface area contributed by atoms with Gasteiger partial charge < -0.3 is 18.6 Å². The number of benzene rings is 3. The molecule has 0 amide bonds.